The summed E-state index contributed by atoms with van der Waals surface area (Å²) in [5.41, 5.74) is 1.49. The van der Waals surface area contributed by atoms with Gasteiger partial charge < -0.3 is 14.8 Å². The molecule has 31 heavy (non-hydrogen) atoms. The molecule has 4 aliphatic carbocycles. The Morgan fingerprint density at radius 1 is 1.10 bits per heavy atom. The molecule has 2 aromatic rings. The van der Waals surface area contributed by atoms with Gasteiger partial charge in [0.05, 0.1) is 16.6 Å². The monoisotopic (exact) mass is 507 g/mol. The maximum atomic E-state index is 14.1. The Morgan fingerprint density at radius 3 is 2.45 bits per heavy atom. The normalized spacial score (nSPS) is 28.7. The summed E-state index contributed by atoms with van der Waals surface area (Å²) >= 11 is 9.75. The average Bonchev–Trinajstić information content (AvgIpc) is 2.73. The Bertz CT molecular complexity index is 921. The maximum absolute atomic E-state index is 14.1. The first-order valence-corrected chi connectivity index (χ1v) is 12.3. The number of ether oxygens (including phenoxy) is 2. The molecule has 4 saturated carbocycles. The van der Waals surface area contributed by atoms with E-state index in [0.29, 0.717) is 28.1 Å². The molecular weight excluding hydrogens is 481 g/mol. The summed E-state index contributed by atoms with van der Waals surface area (Å²) in [5.74, 6) is 4.45. The molecule has 6 heteroatoms. The highest BCUT2D eigenvalue weighted by Gasteiger charge is 2.47. The van der Waals surface area contributed by atoms with Crippen molar-refractivity contribution < 1.29 is 13.9 Å². The van der Waals surface area contributed by atoms with E-state index in [1.807, 2.05) is 6.07 Å². The first-order valence-electron chi connectivity index (χ1n) is 11.2. The first-order chi connectivity index (χ1) is 15.0. The predicted octanol–water partition coefficient (Wildman–Crippen LogP) is 6.74. The lowest BCUT2D eigenvalue weighted by molar-refractivity contribution is -0.0142. The molecule has 0 amide bonds. The van der Waals surface area contributed by atoms with Crippen molar-refractivity contribution in [2.24, 2.45) is 23.7 Å². The summed E-state index contributed by atoms with van der Waals surface area (Å²) in [7, 11) is 1.62. The zero-order chi connectivity index (χ0) is 21.5. The van der Waals surface area contributed by atoms with Gasteiger partial charge >= 0.3 is 0 Å². The lowest BCUT2D eigenvalue weighted by atomic mass is 9.54. The van der Waals surface area contributed by atoms with E-state index in [1.165, 1.54) is 38.2 Å². The van der Waals surface area contributed by atoms with Gasteiger partial charge in [-0.05, 0) is 102 Å². The minimum Gasteiger partial charge on any atom is -0.493 e. The van der Waals surface area contributed by atoms with Crippen molar-refractivity contribution in [1.82, 2.24) is 5.32 Å². The summed E-state index contributed by atoms with van der Waals surface area (Å²) in [5, 5.41) is 4.22. The van der Waals surface area contributed by atoms with E-state index in [4.69, 9.17) is 21.1 Å². The largest absolute Gasteiger partial charge is 0.493 e. The third-order valence-electron chi connectivity index (χ3n) is 7.48. The number of nitrogens with one attached hydrogen (secondary N) is 1. The molecule has 4 aliphatic rings. The summed E-state index contributed by atoms with van der Waals surface area (Å²) in [6.45, 7) is 0.840. The highest BCUT2D eigenvalue weighted by Crippen LogP contribution is 2.53. The van der Waals surface area contributed by atoms with Crippen molar-refractivity contribution in [3.8, 4) is 11.5 Å². The van der Waals surface area contributed by atoms with Crippen molar-refractivity contribution in [2.75, 3.05) is 7.11 Å². The van der Waals surface area contributed by atoms with Crippen LogP contribution in [0.1, 0.15) is 43.2 Å². The summed E-state index contributed by atoms with van der Waals surface area (Å²) in [4.78, 5) is 0. The van der Waals surface area contributed by atoms with Crippen LogP contribution in [0.25, 0.3) is 0 Å². The van der Waals surface area contributed by atoms with Crippen LogP contribution in [0, 0.1) is 29.5 Å². The average molecular weight is 509 g/mol. The molecule has 0 atom stereocenters. The van der Waals surface area contributed by atoms with E-state index in [9.17, 15) is 4.39 Å². The van der Waals surface area contributed by atoms with Crippen molar-refractivity contribution in [1.29, 1.82) is 0 Å². The second kappa shape index (κ2) is 8.92. The summed E-state index contributed by atoms with van der Waals surface area (Å²) in [6, 6.07) is 9.33. The van der Waals surface area contributed by atoms with E-state index in [1.54, 1.807) is 19.2 Å². The number of halogens is 3. The summed E-state index contributed by atoms with van der Waals surface area (Å²) in [6.07, 6.45) is 7.10. The molecule has 4 bridgehead atoms. The second-order valence-corrected chi connectivity index (χ2v) is 10.7. The molecule has 4 fully saturated rings. The molecule has 0 unspecified atom stereocenters. The van der Waals surface area contributed by atoms with E-state index < -0.39 is 0 Å². The van der Waals surface area contributed by atoms with E-state index in [-0.39, 0.29) is 12.4 Å². The van der Waals surface area contributed by atoms with Gasteiger partial charge in [0.15, 0.2) is 11.5 Å². The van der Waals surface area contributed by atoms with Crippen LogP contribution in [-0.4, -0.2) is 13.2 Å². The van der Waals surface area contributed by atoms with Gasteiger partial charge in [-0.3, -0.25) is 0 Å². The number of hydrogen-bond acceptors (Lipinski definition) is 3. The molecule has 0 aromatic heterocycles. The quantitative estimate of drug-likeness (QED) is 0.449. The maximum Gasteiger partial charge on any atom is 0.175 e. The Balaban J connectivity index is 1.27. The fourth-order valence-electron chi connectivity index (χ4n) is 6.32. The predicted molar refractivity (Wildman–Crippen MR) is 124 cm³/mol. The standard InChI is InChI=1S/C25H28BrClFNO2/c1-30-23-11-16(12-29-24-17-6-14-5-15(8-17)9-18(24)7-14)10-20(26)25(23)31-13-19-21(27)3-2-4-22(19)28/h2-4,10-11,14-15,17-18,24,29H,5-9,12-13H2,1H3. The molecule has 0 aliphatic heterocycles. The second-order valence-electron chi connectivity index (χ2n) is 9.44. The Kier molecular flexibility index (Phi) is 6.19. The highest BCUT2D eigenvalue weighted by molar-refractivity contribution is 9.10. The van der Waals surface area contributed by atoms with Gasteiger partial charge in [-0.1, -0.05) is 17.7 Å². The van der Waals surface area contributed by atoms with Crippen molar-refractivity contribution >= 4 is 27.5 Å². The Morgan fingerprint density at radius 2 is 1.81 bits per heavy atom. The molecule has 0 saturated heterocycles. The summed E-state index contributed by atoms with van der Waals surface area (Å²) < 4.78 is 26.4. The first kappa shape index (κ1) is 21.5. The van der Waals surface area contributed by atoms with Crippen LogP contribution < -0.4 is 14.8 Å². The van der Waals surface area contributed by atoms with Gasteiger partial charge in [-0.25, -0.2) is 4.39 Å². The topological polar surface area (TPSA) is 30.5 Å². The van der Waals surface area contributed by atoms with Crippen molar-refractivity contribution in [2.45, 2.75) is 51.3 Å². The van der Waals surface area contributed by atoms with E-state index >= 15 is 0 Å². The van der Waals surface area contributed by atoms with Crippen LogP contribution in [0.2, 0.25) is 5.02 Å². The van der Waals surface area contributed by atoms with Gasteiger partial charge in [-0.2, -0.15) is 0 Å². The lowest BCUT2D eigenvalue weighted by Gasteiger charge is -2.54. The van der Waals surface area contributed by atoms with Crippen LogP contribution in [-0.2, 0) is 13.2 Å². The molecule has 0 spiro atoms. The minimum atomic E-state index is -0.376. The number of rotatable bonds is 7. The minimum absolute atomic E-state index is 0.0336. The molecule has 0 radical (unpaired) electrons. The van der Waals surface area contributed by atoms with E-state index in [2.05, 4.69) is 27.3 Å². The van der Waals surface area contributed by atoms with Crippen LogP contribution in [0.3, 0.4) is 0 Å². The van der Waals surface area contributed by atoms with Crippen LogP contribution in [0.15, 0.2) is 34.8 Å². The zero-order valence-electron chi connectivity index (χ0n) is 17.7. The van der Waals surface area contributed by atoms with Gasteiger partial charge in [-0.15, -0.1) is 0 Å². The molecular formula is C25H28BrClFNO2. The third kappa shape index (κ3) is 4.34. The van der Waals surface area contributed by atoms with Crippen molar-refractivity contribution in [3.63, 3.8) is 0 Å². The fourth-order valence-corrected chi connectivity index (χ4v) is 7.15. The van der Waals surface area contributed by atoms with Crippen LogP contribution in [0.5, 0.6) is 11.5 Å². The molecule has 3 nitrogen and oxygen atoms in total. The SMILES string of the molecule is COc1cc(CNC2C3CC4CC(C3)CC2C4)cc(Br)c1OCc1c(F)cccc1Cl. The smallest absolute Gasteiger partial charge is 0.175 e. The molecule has 0 heterocycles. The van der Waals surface area contributed by atoms with Crippen LogP contribution in [0.4, 0.5) is 4.39 Å². The molecule has 166 valence electrons. The van der Waals surface area contributed by atoms with Crippen LogP contribution >= 0.6 is 27.5 Å². The highest BCUT2D eigenvalue weighted by atomic mass is 79.9. The Hall–Kier alpha value is -1.30. The van der Waals surface area contributed by atoms with E-state index in [0.717, 1.165) is 40.3 Å². The fraction of sp³-hybridized carbons (Fsp3) is 0.520. The molecule has 6 rings (SSSR count). The van der Waals surface area contributed by atoms with Gasteiger partial charge in [0.25, 0.3) is 0 Å². The number of methoxy groups -OCH3 is 1. The number of benzene rings is 2. The Labute approximate surface area is 196 Å². The van der Waals surface area contributed by atoms with Gasteiger partial charge in [0, 0.05) is 18.2 Å². The number of hydrogen-bond donors (Lipinski definition) is 1. The van der Waals surface area contributed by atoms with Gasteiger partial charge in [0.1, 0.15) is 12.4 Å². The molecule has 1 N–H and O–H groups in total. The lowest BCUT2D eigenvalue weighted by Crippen LogP contribution is -2.54. The van der Waals surface area contributed by atoms with Crippen molar-refractivity contribution in [3.05, 3.63) is 56.8 Å². The third-order valence-corrected chi connectivity index (χ3v) is 8.42. The molecule has 2 aromatic carbocycles. The zero-order valence-corrected chi connectivity index (χ0v) is 20.0. The van der Waals surface area contributed by atoms with Gasteiger partial charge in [0.2, 0.25) is 0 Å².